The molecular formula is C12H25N5O. The van der Waals surface area contributed by atoms with Crippen molar-refractivity contribution in [2.24, 2.45) is 5.84 Å². The van der Waals surface area contributed by atoms with Crippen molar-refractivity contribution in [3.63, 3.8) is 0 Å². The molecule has 1 aromatic rings. The minimum Gasteiger partial charge on any atom is -0.377 e. The van der Waals surface area contributed by atoms with Gasteiger partial charge in [0.2, 0.25) is 0 Å². The maximum Gasteiger partial charge on any atom is 0.138 e. The molecule has 1 aromatic heterocycles. The van der Waals surface area contributed by atoms with Crippen LogP contribution in [0.3, 0.4) is 0 Å². The summed E-state index contributed by atoms with van der Waals surface area (Å²) in [4.78, 5) is 4.30. The zero-order valence-corrected chi connectivity index (χ0v) is 11.8. The summed E-state index contributed by atoms with van der Waals surface area (Å²) in [6.45, 7) is 8.95. The maximum absolute atomic E-state index is 5.69. The van der Waals surface area contributed by atoms with E-state index in [1.807, 2.05) is 11.6 Å². The van der Waals surface area contributed by atoms with Crippen LogP contribution in [-0.2, 0) is 11.2 Å². The number of aromatic nitrogens is 3. The van der Waals surface area contributed by atoms with Gasteiger partial charge in [-0.2, -0.15) is 5.10 Å². The number of nitrogens with zero attached hydrogens (tertiary/aromatic N) is 3. The van der Waals surface area contributed by atoms with E-state index in [1.54, 1.807) is 6.33 Å². The molecule has 0 aliphatic heterocycles. The van der Waals surface area contributed by atoms with E-state index < -0.39 is 0 Å². The summed E-state index contributed by atoms with van der Waals surface area (Å²) in [7, 11) is 0. The molecule has 0 saturated heterocycles. The number of hydrazine groups is 1. The Balaban J connectivity index is 2.75. The molecule has 0 fully saturated rings. The second-order valence-electron chi connectivity index (χ2n) is 4.59. The molecule has 18 heavy (non-hydrogen) atoms. The molecule has 1 heterocycles. The van der Waals surface area contributed by atoms with Crippen LogP contribution in [0.25, 0.3) is 0 Å². The van der Waals surface area contributed by atoms with Crippen LogP contribution in [0.4, 0.5) is 0 Å². The van der Waals surface area contributed by atoms with E-state index in [-0.39, 0.29) is 12.1 Å². The van der Waals surface area contributed by atoms with Gasteiger partial charge >= 0.3 is 0 Å². The van der Waals surface area contributed by atoms with Crippen LogP contribution < -0.4 is 11.3 Å². The first-order valence-corrected chi connectivity index (χ1v) is 6.60. The summed E-state index contributed by atoms with van der Waals surface area (Å²) in [6.07, 6.45) is 3.31. The Kier molecular flexibility index (Phi) is 6.24. The summed E-state index contributed by atoms with van der Waals surface area (Å²) in [5.74, 6) is 6.57. The van der Waals surface area contributed by atoms with Crippen LogP contribution in [0.2, 0.25) is 0 Å². The number of rotatable bonds is 8. The third-order valence-corrected chi connectivity index (χ3v) is 2.98. The number of nitrogens with one attached hydrogen (secondary N) is 1. The van der Waals surface area contributed by atoms with Crippen molar-refractivity contribution in [3.8, 4) is 0 Å². The van der Waals surface area contributed by atoms with Crippen molar-refractivity contribution in [1.29, 1.82) is 0 Å². The van der Waals surface area contributed by atoms with Gasteiger partial charge in [0.25, 0.3) is 0 Å². The lowest BCUT2D eigenvalue weighted by Gasteiger charge is -2.25. The maximum atomic E-state index is 5.69. The Bertz CT molecular complexity index is 339. The van der Waals surface area contributed by atoms with Crippen molar-refractivity contribution >= 4 is 0 Å². The van der Waals surface area contributed by atoms with Gasteiger partial charge in [-0.1, -0.05) is 6.92 Å². The first-order chi connectivity index (χ1) is 8.63. The predicted molar refractivity (Wildman–Crippen MR) is 70.9 cm³/mol. The number of nitrogens with two attached hydrogens (primary N) is 1. The highest BCUT2D eigenvalue weighted by Gasteiger charge is 2.22. The number of ether oxygens (including phenoxy) is 1. The Morgan fingerprint density at radius 3 is 2.67 bits per heavy atom. The van der Waals surface area contributed by atoms with Gasteiger partial charge < -0.3 is 4.74 Å². The molecule has 0 amide bonds. The van der Waals surface area contributed by atoms with E-state index in [2.05, 4.69) is 36.3 Å². The molecule has 0 saturated carbocycles. The SMILES string of the molecule is CCOC(CC)C(Cc1ncnn1C(C)C)NN. The van der Waals surface area contributed by atoms with Crippen LogP contribution in [0, 0.1) is 0 Å². The Morgan fingerprint density at radius 1 is 1.44 bits per heavy atom. The standard InChI is InChI=1S/C12H25N5O/c1-5-11(18-6-2)10(16-13)7-12-14-8-15-17(12)9(3)4/h8-11,16H,5-7,13H2,1-4H3. The van der Waals surface area contributed by atoms with Crippen LogP contribution >= 0.6 is 0 Å². The third-order valence-electron chi connectivity index (χ3n) is 2.98. The normalized spacial score (nSPS) is 15.0. The molecule has 0 aromatic carbocycles. The predicted octanol–water partition coefficient (Wildman–Crippen LogP) is 1.05. The Hall–Kier alpha value is -0.980. The highest BCUT2D eigenvalue weighted by molar-refractivity contribution is 4.93. The lowest BCUT2D eigenvalue weighted by Crippen LogP contribution is -2.47. The molecule has 0 bridgehead atoms. The molecule has 0 aliphatic carbocycles. The van der Waals surface area contributed by atoms with Crippen LogP contribution in [0.15, 0.2) is 6.33 Å². The topological polar surface area (TPSA) is 78.0 Å². The van der Waals surface area contributed by atoms with E-state index in [0.29, 0.717) is 19.1 Å². The monoisotopic (exact) mass is 255 g/mol. The molecule has 0 radical (unpaired) electrons. The average molecular weight is 255 g/mol. The first-order valence-electron chi connectivity index (χ1n) is 6.60. The van der Waals surface area contributed by atoms with E-state index in [1.165, 1.54) is 0 Å². The lowest BCUT2D eigenvalue weighted by atomic mass is 10.1. The summed E-state index contributed by atoms with van der Waals surface area (Å²) in [5.41, 5.74) is 2.84. The fourth-order valence-corrected chi connectivity index (χ4v) is 2.08. The molecule has 2 atom stereocenters. The second-order valence-corrected chi connectivity index (χ2v) is 4.59. The van der Waals surface area contributed by atoms with Gasteiger partial charge in [0.15, 0.2) is 0 Å². The molecule has 6 nitrogen and oxygen atoms in total. The minimum absolute atomic E-state index is 0.0525. The molecular weight excluding hydrogens is 230 g/mol. The van der Waals surface area contributed by atoms with Crippen LogP contribution in [0.5, 0.6) is 0 Å². The molecule has 1 rings (SSSR count). The van der Waals surface area contributed by atoms with Crippen LogP contribution in [0.1, 0.15) is 46.0 Å². The number of hydrogen-bond donors (Lipinski definition) is 2. The second kappa shape index (κ2) is 7.45. The van der Waals surface area contributed by atoms with E-state index >= 15 is 0 Å². The van der Waals surface area contributed by atoms with Gasteiger partial charge in [-0.25, -0.2) is 9.67 Å². The molecule has 0 spiro atoms. The lowest BCUT2D eigenvalue weighted by molar-refractivity contribution is 0.0311. The Labute approximate surface area is 109 Å². The highest BCUT2D eigenvalue weighted by Crippen LogP contribution is 2.12. The summed E-state index contributed by atoms with van der Waals surface area (Å²) < 4.78 is 7.61. The van der Waals surface area contributed by atoms with Crippen molar-refractivity contribution in [2.75, 3.05) is 6.61 Å². The summed E-state index contributed by atoms with van der Waals surface area (Å²) in [6, 6.07) is 0.352. The van der Waals surface area contributed by atoms with Gasteiger partial charge in [0.1, 0.15) is 12.2 Å². The quantitative estimate of drug-likeness (QED) is 0.536. The third kappa shape index (κ3) is 3.76. The highest BCUT2D eigenvalue weighted by atomic mass is 16.5. The molecule has 6 heteroatoms. The molecule has 3 N–H and O–H groups in total. The van der Waals surface area contributed by atoms with Crippen LogP contribution in [-0.4, -0.2) is 33.5 Å². The average Bonchev–Trinajstić information content (AvgIpc) is 2.81. The smallest absolute Gasteiger partial charge is 0.138 e. The number of hydrogen-bond acceptors (Lipinski definition) is 5. The molecule has 0 aliphatic rings. The fraction of sp³-hybridized carbons (Fsp3) is 0.833. The van der Waals surface area contributed by atoms with Gasteiger partial charge in [0.05, 0.1) is 12.1 Å². The first kappa shape index (κ1) is 15.1. The van der Waals surface area contributed by atoms with Gasteiger partial charge in [0, 0.05) is 19.1 Å². The fourth-order valence-electron chi connectivity index (χ4n) is 2.08. The largest absolute Gasteiger partial charge is 0.377 e. The van der Waals surface area contributed by atoms with E-state index in [9.17, 15) is 0 Å². The zero-order chi connectivity index (χ0) is 13.5. The van der Waals surface area contributed by atoms with E-state index in [0.717, 1.165) is 12.2 Å². The molecule has 104 valence electrons. The van der Waals surface area contributed by atoms with Crippen molar-refractivity contribution in [2.45, 2.75) is 58.7 Å². The van der Waals surface area contributed by atoms with Gasteiger partial charge in [-0.15, -0.1) is 0 Å². The minimum atomic E-state index is 0.0525. The summed E-state index contributed by atoms with van der Waals surface area (Å²) >= 11 is 0. The Morgan fingerprint density at radius 2 is 2.17 bits per heavy atom. The van der Waals surface area contributed by atoms with Crippen molar-refractivity contribution in [1.82, 2.24) is 20.2 Å². The van der Waals surface area contributed by atoms with Gasteiger partial charge in [-0.05, 0) is 27.2 Å². The zero-order valence-electron chi connectivity index (χ0n) is 11.8. The van der Waals surface area contributed by atoms with E-state index in [4.69, 9.17) is 10.6 Å². The van der Waals surface area contributed by atoms with Gasteiger partial charge in [-0.3, -0.25) is 11.3 Å². The summed E-state index contributed by atoms with van der Waals surface area (Å²) in [5, 5.41) is 4.23. The van der Waals surface area contributed by atoms with Crippen molar-refractivity contribution < 1.29 is 4.74 Å². The van der Waals surface area contributed by atoms with Crippen molar-refractivity contribution in [3.05, 3.63) is 12.2 Å². The molecule has 2 unspecified atom stereocenters.